The molecule has 1 unspecified atom stereocenters. The molecule has 2 heterocycles. The number of benzene rings is 1. The third kappa shape index (κ3) is 4.24. The zero-order valence-electron chi connectivity index (χ0n) is 14.8. The molecule has 0 saturated carbocycles. The van der Waals surface area contributed by atoms with Gasteiger partial charge in [-0.05, 0) is 19.4 Å². The molecule has 1 atom stereocenters. The summed E-state index contributed by atoms with van der Waals surface area (Å²) >= 11 is 0. The molecule has 1 aromatic heterocycles. The van der Waals surface area contributed by atoms with E-state index in [2.05, 4.69) is 4.98 Å². The molecule has 144 valence electrons. The summed E-state index contributed by atoms with van der Waals surface area (Å²) in [5.41, 5.74) is 0.338. The van der Waals surface area contributed by atoms with Crippen LogP contribution in [0.2, 0.25) is 0 Å². The van der Waals surface area contributed by atoms with Crippen molar-refractivity contribution in [2.45, 2.75) is 25.1 Å². The summed E-state index contributed by atoms with van der Waals surface area (Å²) in [4.78, 5) is 29.9. The van der Waals surface area contributed by atoms with Gasteiger partial charge in [0.05, 0.1) is 17.3 Å². The van der Waals surface area contributed by atoms with Crippen LogP contribution in [0.4, 0.5) is 4.39 Å². The minimum absolute atomic E-state index is 0.0140. The maximum absolute atomic E-state index is 14.1. The van der Waals surface area contributed by atoms with Crippen LogP contribution in [0.25, 0.3) is 0 Å². The SMILES string of the molecule is Cc1cc(=O)n(CC(=O)N2CCC(c3ccccc3F)S(=O)(=O)CC2)cn1. The maximum Gasteiger partial charge on any atom is 0.253 e. The van der Waals surface area contributed by atoms with Gasteiger partial charge < -0.3 is 4.90 Å². The first kappa shape index (κ1) is 19.2. The van der Waals surface area contributed by atoms with Gasteiger partial charge in [0.1, 0.15) is 12.4 Å². The van der Waals surface area contributed by atoms with E-state index in [0.29, 0.717) is 5.69 Å². The Bertz CT molecular complexity index is 1020. The van der Waals surface area contributed by atoms with E-state index in [1.807, 2.05) is 0 Å². The van der Waals surface area contributed by atoms with E-state index in [1.165, 1.54) is 40.1 Å². The van der Waals surface area contributed by atoms with Gasteiger partial charge in [-0.1, -0.05) is 18.2 Å². The number of amides is 1. The first-order chi connectivity index (χ1) is 12.8. The minimum atomic E-state index is -3.60. The highest BCUT2D eigenvalue weighted by Crippen LogP contribution is 2.31. The van der Waals surface area contributed by atoms with Crippen LogP contribution >= 0.6 is 0 Å². The highest BCUT2D eigenvalue weighted by Gasteiger charge is 2.34. The first-order valence-electron chi connectivity index (χ1n) is 8.55. The van der Waals surface area contributed by atoms with Crippen LogP contribution in [0.15, 0.2) is 41.5 Å². The number of hydrogen-bond acceptors (Lipinski definition) is 5. The van der Waals surface area contributed by atoms with E-state index in [4.69, 9.17) is 0 Å². The van der Waals surface area contributed by atoms with E-state index in [1.54, 1.807) is 13.0 Å². The lowest BCUT2D eigenvalue weighted by molar-refractivity contribution is -0.131. The fourth-order valence-corrected chi connectivity index (χ4v) is 4.96. The molecule has 0 N–H and O–H groups in total. The molecule has 1 aromatic carbocycles. The molecule has 1 aliphatic heterocycles. The zero-order chi connectivity index (χ0) is 19.6. The molecule has 0 aliphatic carbocycles. The highest BCUT2D eigenvalue weighted by molar-refractivity contribution is 7.91. The molecule has 27 heavy (non-hydrogen) atoms. The van der Waals surface area contributed by atoms with Crippen LogP contribution in [-0.2, 0) is 21.2 Å². The van der Waals surface area contributed by atoms with Gasteiger partial charge in [-0.3, -0.25) is 14.2 Å². The largest absolute Gasteiger partial charge is 0.340 e. The Morgan fingerprint density at radius 2 is 2.04 bits per heavy atom. The summed E-state index contributed by atoms with van der Waals surface area (Å²) in [6.45, 7) is 1.65. The van der Waals surface area contributed by atoms with Gasteiger partial charge >= 0.3 is 0 Å². The van der Waals surface area contributed by atoms with Crippen molar-refractivity contribution in [3.05, 3.63) is 64.1 Å². The van der Waals surface area contributed by atoms with Gasteiger partial charge in [-0.25, -0.2) is 17.8 Å². The van der Waals surface area contributed by atoms with E-state index in [9.17, 15) is 22.4 Å². The Morgan fingerprint density at radius 3 is 2.74 bits per heavy atom. The minimum Gasteiger partial charge on any atom is -0.340 e. The molecule has 1 saturated heterocycles. The zero-order valence-corrected chi connectivity index (χ0v) is 15.7. The van der Waals surface area contributed by atoms with Crippen LogP contribution in [0.3, 0.4) is 0 Å². The Labute approximate surface area is 156 Å². The molecule has 1 aliphatic rings. The predicted octanol–water partition coefficient (Wildman–Crippen LogP) is 1.08. The van der Waals surface area contributed by atoms with Crippen LogP contribution in [-0.4, -0.2) is 47.6 Å². The van der Waals surface area contributed by atoms with Gasteiger partial charge in [0, 0.05) is 30.4 Å². The predicted molar refractivity (Wildman–Crippen MR) is 97.4 cm³/mol. The van der Waals surface area contributed by atoms with Crippen LogP contribution in [0, 0.1) is 12.7 Å². The Morgan fingerprint density at radius 1 is 1.30 bits per heavy atom. The second-order valence-corrected chi connectivity index (χ2v) is 8.85. The number of rotatable bonds is 3. The number of aryl methyl sites for hydroxylation is 1. The second kappa shape index (κ2) is 7.59. The smallest absolute Gasteiger partial charge is 0.253 e. The lowest BCUT2D eigenvalue weighted by Gasteiger charge is -2.20. The summed E-state index contributed by atoms with van der Waals surface area (Å²) in [5.74, 6) is -1.19. The summed E-state index contributed by atoms with van der Waals surface area (Å²) in [5, 5.41) is -0.986. The Balaban J connectivity index is 1.78. The monoisotopic (exact) mass is 393 g/mol. The highest BCUT2D eigenvalue weighted by atomic mass is 32.2. The molecule has 1 amide bonds. The van der Waals surface area contributed by atoms with Crippen molar-refractivity contribution in [2.75, 3.05) is 18.8 Å². The normalized spacial score (nSPS) is 19.5. The van der Waals surface area contributed by atoms with Crippen LogP contribution in [0.1, 0.15) is 22.9 Å². The number of halogens is 1. The fourth-order valence-electron chi connectivity index (χ4n) is 3.16. The molecule has 7 nitrogen and oxygen atoms in total. The van der Waals surface area contributed by atoms with Gasteiger partial charge in [-0.15, -0.1) is 0 Å². The molecule has 0 radical (unpaired) electrons. The van der Waals surface area contributed by atoms with Gasteiger partial charge in [-0.2, -0.15) is 0 Å². The summed E-state index contributed by atoms with van der Waals surface area (Å²) in [7, 11) is -3.60. The molecule has 2 aromatic rings. The Kier molecular flexibility index (Phi) is 5.41. The molecule has 0 spiro atoms. The quantitative estimate of drug-likeness (QED) is 0.779. The maximum atomic E-state index is 14.1. The van der Waals surface area contributed by atoms with Crippen molar-refractivity contribution in [3.8, 4) is 0 Å². The van der Waals surface area contributed by atoms with Crippen LogP contribution < -0.4 is 5.56 Å². The van der Waals surface area contributed by atoms with Crippen molar-refractivity contribution in [1.82, 2.24) is 14.5 Å². The number of hydrogen-bond donors (Lipinski definition) is 0. The summed E-state index contributed by atoms with van der Waals surface area (Å²) < 4.78 is 40.5. The average Bonchev–Trinajstić information content (AvgIpc) is 2.76. The van der Waals surface area contributed by atoms with Crippen LogP contribution in [0.5, 0.6) is 0 Å². The van der Waals surface area contributed by atoms with E-state index in [-0.39, 0.29) is 48.8 Å². The molecule has 3 rings (SSSR count). The van der Waals surface area contributed by atoms with Crippen molar-refractivity contribution in [3.63, 3.8) is 0 Å². The van der Waals surface area contributed by atoms with E-state index in [0.717, 1.165) is 0 Å². The third-order valence-corrected chi connectivity index (χ3v) is 6.78. The molecule has 0 bridgehead atoms. The standard InChI is InChI=1S/C18H20FN3O4S/c1-13-10-17(23)22(12-20-13)11-18(24)21-7-6-16(27(25,26)9-8-21)14-4-2-3-5-15(14)19/h2-5,10,12,16H,6-9,11H2,1H3. The lowest BCUT2D eigenvalue weighted by atomic mass is 10.1. The molecular formula is C18H20FN3O4S. The molecule has 9 heteroatoms. The van der Waals surface area contributed by atoms with E-state index < -0.39 is 20.9 Å². The van der Waals surface area contributed by atoms with E-state index >= 15 is 0 Å². The molecular weight excluding hydrogens is 373 g/mol. The molecule has 1 fully saturated rings. The fraction of sp³-hybridized carbons (Fsp3) is 0.389. The van der Waals surface area contributed by atoms with Crippen molar-refractivity contribution < 1.29 is 17.6 Å². The number of carbonyl (C=O) groups excluding carboxylic acids is 1. The summed E-state index contributed by atoms with van der Waals surface area (Å²) in [6, 6.07) is 7.13. The number of carbonyl (C=O) groups is 1. The summed E-state index contributed by atoms with van der Waals surface area (Å²) in [6.07, 6.45) is 1.41. The number of sulfone groups is 1. The lowest BCUT2D eigenvalue weighted by Crippen LogP contribution is -2.38. The van der Waals surface area contributed by atoms with Crippen molar-refractivity contribution >= 4 is 15.7 Å². The van der Waals surface area contributed by atoms with Gasteiger partial charge in [0.2, 0.25) is 5.91 Å². The number of aromatic nitrogens is 2. The van der Waals surface area contributed by atoms with Gasteiger partial charge in [0.15, 0.2) is 9.84 Å². The van der Waals surface area contributed by atoms with Crippen molar-refractivity contribution in [2.24, 2.45) is 0 Å². The first-order valence-corrected chi connectivity index (χ1v) is 10.3. The third-order valence-electron chi connectivity index (χ3n) is 4.67. The number of nitrogens with zero attached hydrogens (tertiary/aromatic N) is 3. The average molecular weight is 393 g/mol. The van der Waals surface area contributed by atoms with Gasteiger partial charge in [0.25, 0.3) is 5.56 Å². The second-order valence-electron chi connectivity index (χ2n) is 6.54. The topological polar surface area (TPSA) is 89.3 Å². The Hall–Kier alpha value is -2.55. The van der Waals surface area contributed by atoms with Crippen molar-refractivity contribution in [1.29, 1.82) is 0 Å².